The minimum Gasteiger partial charge on any atom is -0.490 e. The van der Waals surface area contributed by atoms with Crippen molar-refractivity contribution in [1.82, 2.24) is 4.90 Å². The van der Waals surface area contributed by atoms with E-state index in [0.717, 1.165) is 6.42 Å². The molecule has 0 atom stereocenters. The number of nitrogens with zero attached hydrogens (tertiary/aromatic N) is 1. The van der Waals surface area contributed by atoms with E-state index in [1.165, 1.54) is 5.57 Å². The van der Waals surface area contributed by atoms with Gasteiger partial charge in [0, 0.05) is 18.7 Å². The molecule has 1 aromatic rings. The van der Waals surface area contributed by atoms with Gasteiger partial charge in [-0.05, 0) is 38.5 Å². The number of carbonyl (C=O) groups excluding carboxylic acids is 1. The number of benzene rings is 1. The normalized spacial score (nSPS) is 14.2. The van der Waals surface area contributed by atoms with Crippen molar-refractivity contribution in [3.05, 3.63) is 35.4 Å². The van der Waals surface area contributed by atoms with Gasteiger partial charge in [0.05, 0.1) is 6.61 Å². The zero-order valence-electron chi connectivity index (χ0n) is 13.4. The molecule has 0 bridgehead atoms. The highest BCUT2D eigenvalue weighted by atomic mass is 16.5. The van der Waals surface area contributed by atoms with Crippen molar-refractivity contribution in [1.29, 1.82) is 0 Å². The van der Waals surface area contributed by atoms with Crippen LogP contribution in [-0.2, 0) is 4.79 Å². The number of aliphatic carboxylic acids is 1. The summed E-state index contributed by atoms with van der Waals surface area (Å²) in [6.45, 7) is 5.11. The predicted octanol–water partition coefficient (Wildman–Crippen LogP) is 2.34. The number of carboxylic acid groups (broad SMARTS) is 1. The molecule has 0 spiro atoms. The summed E-state index contributed by atoms with van der Waals surface area (Å²) < 4.78 is 10.7. The molecule has 124 valence electrons. The van der Waals surface area contributed by atoms with Gasteiger partial charge in [-0.3, -0.25) is 4.79 Å². The second-order valence-electron chi connectivity index (χ2n) is 5.33. The molecule has 0 aromatic heterocycles. The molecule has 1 amide bonds. The third-order valence-electron chi connectivity index (χ3n) is 3.57. The first-order valence-corrected chi connectivity index (χ1v) is 7.57. The Morgan fingerprint density at radius 1 is 1.26 bits per heavy atom. The lowest BCUT2D eigenvalue weighted by molar-refractivity contribution is -0.139. The smallest absolute Gasteiger partial charge is 0.341 e. The number of carboxylic acids is 1. The summed E-state index contributed by atoms with van der Waals surface area (Å²) >= 11 is 0. The number of carbonyl (C=O) groups is 2. The highest BCUT2D eigenvalue weighted by Gasteiger charge is 2.19. The van der Waals surface area contributed by atoms with Crippen LogP contribution in [0.3, 0.4) is 0 Å². The van der Waals surface area contributed by atoms with Crippen LogP contribution in [0.15, 0.2) is 29.8 Å². The van der Waals surface area contributed by atoms with Crippen molar-refractivity contribution >= 4 is 11.9 Å². The van der Waals surface area contributed by atoms with Crippen LogP contribution in [0.1, 0.15) is 30.6 Å². The van der Waals surface area contributed by atoms with Gasteiger partial charge in [-0.25, -0.2) is 4.79 Å². The largest absolute Gasteiger partial charge is 0.490 e. The van der Waals surface area contributed by atoms with Crippen LogP contribution >= 0.6 is 0 Å². The molecule has 0 saturated carbocycles. The Morgan fingerprint density at radius 3 is 2.65 bits per heavy atom. The molecule has 1 aliphatic rings. The van der Waals surface area contributed by atoms with E-state index in [1.807, 2.05) is 6.92 Å². The van der Waals surface area contributed by atoms with Crippen molar-refractivity contribution in [3.8, 4) is 11.5 Å². The molecule has 23 heavy (non-hydrogen) atoms. The highest BCUT2D eigenvalue weighted by molar-refractivity contribution is 5.95. The zero-order chi connectivity index (χ0) is 16.8. The average molecular weight is 319 g/mol. The van der Waals surface area contributed by atoms with Gasteiger partial charge in [0.15, 0.2) is 18.1 Å². The SMILES string of the molecule is CCOc1cc(C(=O)N2CC=C(C)CC2)ccc1OCC(=O)O. The lowest BCUT2D eigenvalue weighted by Gasteiger charge is -2.25. The fourth-order valence-corrected chi connectivity index (χ4v) is 2.31. The lowest BCUT2D eigenvalue weighted by Crippen LogP contribution is -2.34. The van der Waals surface area contributed by atoms with Gasteiger partial charge >= 0.3 is 5.97 Å². The summed E-state index contributed by atoms with van der Waals surface area (Å²) in [5.74, 6) is -0.439. The standard InChI is InChI=1S/C17H21NO5/c1-3-22-15-10-13(4-5-14(15)23-11-16(19)20)17(21)18-8-6-12(2)7-9-18/h4-6,10H,3,7-9,11H2,1-2H3,(H,19,20). The van der Waals surface area contributed by atoms with Crippen molar-refractivity contribution in [2.45, 2.75) is 20.3 Å². The molecule has 1 aliphatic heterocycles. The Morgan fingerprint density at radius 2 is 2.04 bits per heavy atom. The van der Waals surface area contributed by atoms with E-state index < -0.39 is 12.6 Å². The minimum absolute atomic E-state index is 0.0699. The molecular weight excluding hydrogens is 298 g/mol. The van der Waals surface area contributed by atoms with Crippen molar-refractivity contribution in [3.63, 3.8) is 0 Å². The number of ether oxygens (including phenoxy) is 2. The van der Waals surface area contributed by atoms with Crippen LogP contribution in [0.5, 0.6) is 11.5 Å². The summed E-state index contributed by atoms with van der Waals surface area (Å²) in [4.78, 5) is 24.9. The first-order chi connectivity index (χ1) is 11.0. The van der Waals surface area contributed by atoms with Crippen LogP contribution in [-0.4, -0.2) is 48.2 Å². The second kappa shape index (κ2) is 7.67. The van der Waals surface area contributed by atoms with Gasteiger partial charge < -0.3 is 19.5 Å². The molecule has 6 heteroatoms. The highest BCUT2D eigenvalue weighted by Crippen LogP contribution is 2.29. The monoisotopic (exact) mass is 319 g/mol. The number of amides is 1. The summed E-state index contributed by atoms with van der Waals surface area (Å²) in [6.07, 6.45) is 2.93. The van der Waals surface area contributed by atoms with E-state index in [1.54, 1.807) is 23.1 Å². The molecule has 0 saturated heterocycles. The molecule has 2 rings (SSSR count). The summed E-state index contributed by atoms with van der Waals surface area (Å²) in [7, 11) is 0. The molecule has 0 fully saturated rings. The van der Waals surface area contributed by atoms with Crippen LogP contribution in [0, 0.1) is 0 Å². The van der Waals surface area contributed by atoms with Gasteiger partial charge in [0.1, 0.15) is 0 Å². The summed E-state index contributed by atoms with van der Waals surface area (Å²) in [6, 6.07) is 4.81. The van der Waals surface area contributed by atoms with E-state index >= 15 is 0 Å². The third kappa shape index (κ3) is 4.48. The Balaban J connectivity index is 2.17. The second-order valence-corrected chi connectivity index (χ2v) is 5.33. The molecule has 0 unspecified atom stereocenters. The fraction of sp³-hybridized carbons (Fsp3) is 0.412. The molecule has 1 heterocycles. The molecule has 0 radical (unpaired) electrons. The molecule has 0 aliphatic carbocycles. The minimum atomic E-state index is -1.07. The Hall–Kier alpha value is -2.50. The van der Waals surface area contributed by atoms with Crippen LogP contribution in [0.2, 0.25) is 0 Å². The van der Waals surface area contributed by atoms with Crippen LogP contribution in [0.4, 0.5) is 0 Å². The maximum Gasteiger partial charge on any atom is 0.341 e. The number of hydrogen-bond donors (Lipinski definition) is 1. The van der Waals surface area contributed by atoms with Crippen molar-refractivity contribution < 1.29 is 24.2 Å². The quantitative estimate of drug-likeness (QED) is 0.815. The lowest BCUT2D eigenvalue weighted by atomic mass is 10.1. The maximum atomic E-state index is 12.5. The van der Waals surface area contributed by atoms with Gasteiger partial charge in [-0.15, -0.1) is 0 Å². The summed E-state index contributed by atoms with van der Waals surface area (Å²) in [5, 5.41) is 8.70. The Bertz CT molecular complexity index is 623. The topological polar surface area (TPSA) is 76.1 Å². The first kappa shape index (κ1) is 16.9. The first-order valence-electron chi connectivity index (χ1n) is 7.57. The number of hydrogen-bond acceptors (Lipinski definition) is 4. The maximum absolute atomic E-state index is 12.5. The van der Waals surface area contributed by atoms with Crippen LogP contribution < -0.4 is 9.47 Å². The van der Waals surface area contributed by atoms with E-state index in [0.29, 0.717) is 36.8 Å². The van der Waals surface area contributed by atoms with E-state index in [4.69, 9.17) is 14.6 Å². The van der Waals surface area contributed by atoms with E-state index in [-0.39, 0.29) is 5.91 Å². The van der Waals surface area contributed by atoms with Crippen molar-refractivity contribution in [2.75, 3.05) is 26.3 Å². The molecular formula is C17H21NO5. The van der Waals surface area contributed by atoms with Crippen LogP contribution in [0.25, 0.3) is 0 Å². The van der Waals surface area contributed by atoms with Crippen molar-refractivity contribution in [2.24, 2.45) is 0 Å². The molecule has 6 nitrogen and oxygen atoms in total. The van der Waals surface area contributed by atoms with E-state index in [2.05, 4.69) is 13.0 Å². The number of rotatable bonds is 6. The summed E-state index contributed by atoms with van der Waals surface area (Å²) in [5.41, 5.74) is 1.80. The third-order valence-corrected chi connectivity index (χ3v) is 3.57. The zero-order valence-corrected chi connectivity index (χ0v) is 13.4. The molecule has 1 aromatic carbocycles. The fourth-order valence-electron chi connectivity index (χ4n) is 2.31. The molecule has 1 N–H and O–H groups in total. The Kier molecular flexibility index (Phi) is 5.62. The van der Waals surface area contributed by atoms with Gasteiger partial charge in [0.2, 0.25) is 0 Å². The van der Waals surface area contributed by atoms with E-state index in [9.17, 15) is 9.59 Å². The van der Waals surface area contributed by atoms with Gasteiger partial charge in [0.25, 0.3) is 5.91 Å². The van der Waals surface area contributed by atoms with Gasteiger partial charge in [-0.2, -0.15) is 0 Å². The van der Waals surface area contributed by atoms with Gasteiger partial charge in [-0.1, -0.05) is 11.6 Å². The average Bonchev–Trinajstić information content (AvgIpc) is 2.54. The Labute approximate surface area is 135 Å². The predicted molar refractivity (Wildman–Crippen MR) is 85.0 cm³/mol.